The van der Waals surface area contributed by atoms with Crippen LogP contribution in [-0.4, -0.2) is 51.9 Å². The highest BCUT2D eigenvalue weighted by atomic mass is 19.3. The molecular formula is C28H37F2N5O. The van der Waals surface area contributed by atoms with Gasteiger partial charge in [0.2, 0.25) is 0 Å². The first-order valence-electron chi connectivity index (χ1n) is 13.4. The number of hydrogen-bond donors (Lipinski definition) is 1. The van der Waals surface area contributed by atoms with E-state index in [-0.39, 0.29) is 23.9 Å². The van der Waals surface area contributed by atoms with E-state index in [1.807, 2.05) is 11.6 Å². The topological polar surface area (TPSA) is 55.2 Å². The van der Waals surface area contributed by atoms with Crippen LogP contribution in [0.25, 0.3) is 0 Å². The number of likely N-dealkylation sites (tertiary alicyclic amines) is 1. The number of halogens is 2. The van der Waals surface area contributed by atoms with Crippen molar-refractivity contribution >= 4 is 0 Å². The maximum absolute atomic E-state index is 14.2. The Morgan fingerprint density at radius 1 is 1.25 bits per heavy atom. The summed E-state index contributed by atoms with van der Waals surface area (Å²) in [6.07, 6.45) is 8.29. The van der Waals surface area contributed by atoms with Gasteiger partial charge in [-0.15, -0.1) is 10.2 Å². The summed E-state index contributed by atoms with van der Waals surface area (Å²) in [7, 11) is 1.98. The van der Waals surface area contributed by atoms with Gasteiger partial charge in [-0.2, -0.15) is 0 Å². The Kier molecular flexibility index (Phi) is 5.95. The molecule has 3 fully saturated rings. The molecule has 0 amide bonds. The molecule has 0 spiro atoms. The zero-order valence-electron chi connectivity index (χ0n) is 21.5. The van der Waals surface area contributed by atoms with Gasteiger partial charge < -0.3 is 14.6 Å². The molecule has 2 saturated heterocycles. The normalized spacial score (nSPS) is 28.3. The highest BCUT2D eigenvalue weighted by Crippen LogP contribution is 2.46. The van der Waals surface area contributed by atoms with Crippen molar-refractivity contribution in [2.45, 2.75) is 69.4 Å². The largest absolute Gasteiger partial charge is 0.384 e. The number of ether oxygens (including phenoxy) is 1. The molecule has 36 heavy (non-hydrogen) atoms. The van der Waals surface area contributed by atoms with Crippen LogP contribution in [0.1, 0.15) is 74.1 Å². The molecule has 194 valence electrons. The van der Waals surface area contributed by atoms with Crippen LogP contribution < -0.4 is 5.32 Å². The number of benzene rings is 1. The fourth-order valence-electron chi connectivity index (χ4n) is 6.24. The monoisotopic (exact) mass is 497 g/mol. The van der Waals surface area contributed by atoms with Gasteiger partial charge in [0.15, 0.2) is 0 Å². The van der Waals surface area contributed by atoms with Crippen molar-refractivity contribution in [2.75, 3.05) is 26.3 Å². The second-order valence-corrected chi connectivity index (χ2v) is 11.7. The quantitative estimate of drug-likeness (QED) is 0.602. The summed E-state index contributed by atoms with van der Waals surface area (Å²) >= 11 is 0. The Morgan fingerprint density at radius 2 is 2.06 bits per heavy atom. The summed E-state index contributed by atoms with van der Waals surface area (Å²) in [5, 5.41) is 12.1. The lowest BCUT2D eigenvalue weighted by Crippen LogP contribution is -2.49. The number of nitrogens with zero attached hydrogens (tertiary/aromatic N) is 4. The molecule has 1 aromatic heterocycles. The first-order chi connectivity index (χ1) is 17.3. The molecule has 6 nitrogen and oxygen atoms in total. The van der Waals surface area contributed by atoms with E-state index in [0.717, 1.165) is 24.6 Å². The molecule has 4 aliphatic rings. The molecular weight excluding hydrogens is 460 g/mol. The van der Waals surface area contributed by atoms with E-state index in [4.69, 9.17) is 4.74 Å². The van der Waals surface area contributed by atoms with E-state index in [9.17, 15) is 8.78 Å². The lowest BCUT2D eigenvalue weighted by molar-refractivity contribution is -0.105. The van der Waals surface area contributed by atoms with E-state index in [0.29, 0.717) is 26.3 Å². The number of aryl methyl sites for hydroxylation is 1. The maximum Gasteiger partial charge on any atom is 0.253 e. The lowest BCUT2D eigenvalue weighted by Gasteiger charge is -2.43. The van der Waals surface area contributed by atoms with E-state index < -0.39 is 11.8 Å². The molecule has 2 unspecified atom stereocenters. The second-order valence-electron chi connectivity index (χ2n) is 11.7. The molecule has 0 bridgehead atoms. The van der Waals surface area contributed by atoms with Crippen molar-refractivity contribution < 1.29 is 13.5 Å². The van der Waals surface area contributed by atoms with Crippen LogP contribution in [0.3, 0.4) is 0 Å². The number of hydrogen-bond acceptors (Lipinski definition) is 5. The number of aromatic nitrogens is 3. The van der Waals surface area contributed by atoms with Crippen molar-refractivity contribution in [3.63, 3.8) is 0 Å². The average Bonchev–Trinajstić information content (AvgIpc) is 3.43. The minimum Gasteiger partial charge on any atom is -0.384 e. The van der Waals surface area contributed by atoms with E-state index in [1.54, 1.807) is 13.3 Å². The molecule has 3 atom stereocenters. The Bertz CT molecular complexity index is 1150. The van der Waals surface area contributed by atoms with Crippen LogP contribution in [-0.2, 0) is 23.6 Å². The third-order valence-electron chi connectivity index (χ3n) is 9.10. The second kappa shape index (κ2) is 8.91. The SMILES string of the molecule is CC(c1ccc(C2(Cc3nncn3C)COC2)cc1C1CC(C2CC2)=CN1)N1CCC(F)(F)[C@H](C)C1. The highest BCUT2D eigenvalue weighted by Gasteiger charge is 2.44. The third kappa shape index (κ3) is 4.26. The van der Waals surface area contributed by atoms with Gasteiger partial charge in [0.25, 0.3) is 5.92 Å². The van der Waals surface area contributed by atoms with Crippen LogP contribution in [0.5, 0.6) is 0 Å². The van der Waals surface area contributed by atoms with Crippen LogP contribution >= 0.6 is 0 Å². The average molecular weight is 498 g/mol. The molecule has 0 radical (unpaired) electrons. The molecule has 3 aliphatic heterocycles. The van der Waals surface area contributed by atoms with Gasteiger partial charge in [-0.25, -0.2) is 8.78 Å². The first-order valence-corrected chi connectivity index (χ1v) is 13.4. The number of nitrogens with one attached hydrogen (secondary N) is 1. The molecule has 2 aromatic rings. The van der Waals surface area contributed by atoms with E-state index in [1.165, 1.54) is 35.1 Å². The Balaban J connectivity index is 1.32. The van der Waals surface area contributed by atoms with Gasteiger partial charge in [0, 0.05) is 50.4 Å². The van der Waals surface area contributed by atoms with Crippen molar-refractivity contribution in [2.24, 2.45) is 18.9 Å². The summed E-state index contributed by atoms with van der Waals surface area (Å²) in [4.78, 5) is 2.24. The van der Waals surface area contributed by atoms with Gasteiger partial charge in [0.05, 0.1) is 19.3 Å². The van der Waals surface area contributed by atoms with Gasteiger partial charge >= 0.3 is 0 Å². The van der Waals surface area contributed by atoms with Crippen molar-refractivity contribution in [1.29, 1.82) is 0 Å². The number of rotatable bonds is 7. The van der Waals surface area contributed by atoms with Gasteiger partial charge in [-0.1, -0.05) is 25.1 Å². The highest BCUT2D eigenvalue weighted by molar-refractivity contribution is 5.43. The van der Waals surface area contributed by atoms with Crippen LogP contribution in [0, 0.1) is 11.8 Å². The molecule has 6 rings (SSSR count). The Hall–Kier alpha value is -2.32. The first kappa shape index (κ1) is 24.0. The van der Waals surface area contributed by atoms with Gasteiger partial charge in [-0.3, -0.25) is 4.90 Å². The third-order valence-corrected chi connectivity index (χ3v) is 9.10. The summed E-state index contributed by atoms with van der Waals surface area (Å²) in [5.74, 6) is -1.52. The summed E-state index contributed by atoms with van der Waals surface area (Å²) in [6.45, 7) is 6.03. The molecule has 1 aromatic carbocycles. The Labute approximate surface area is 212 Å². The van der Waals surface area contributed by atoms with E-state index in [2.05, 4.69) is 51.7 Å². The smallest absolute Gasteiger partial charge is 0.253 e. The molecule has 4 heterocycles. The minimum absolute atomic E-state index is 0.0703. The summed E-state index contributed by atoms with van der Waals surface area (Å²) < 4.78 is 36.2. The van der Waals surface area contributed by atoms with Crippen LogP contribution in [0.2, 0.25) is 0 Å². The van der Waals surface area contributed by atoms with Gasteiger partial charge in [-0.05, 0) is 60.6 Å². The number of piperidine rings is 1. The molecule has 1 aliphatic carbocycles. The maximum atomic E-state index is 14.2. The van der Waals surface area contributed by atoms with Crippen molar-refractivity contribution in [3.8, 4) is 0 Å². The molecule has 1 N–H and O–H groups in total. The standard InChI is InChI=1S/C28H37F2N5O/c1-18-14-35(9-8-28(18,29)30)19(2)23-7-6-22(11-24(23)25-10-21(13-31-25)20-4-5-20)27(15-36-16-27)12-26-33-32-17-34(26)3/h6-7,11,13,17-20,25,31H,4-5,8-10,12,14-16H2,1-3H3/t18-,19?,25?/m1/s1. The zero-order valence-corrected chi connectivity index (χ0v) is 21.5. The summed E-state index contributed by atoms with van der Waals surface area (Å²) in [5.41, 5.74) is 5.21. The van der Waals surface area contributed by atoms with Crippen molar-refractivity contribution in [1.82, 2.24) is 25.0 Å². The molecule has 1 saturated carbocycles. The zero-order chi connectivity index (χ0) is 25.1. The fourth-order valence-corrected chi connectivity index (χ4v) is 6.24. The minimum atomic E-state index is -2.57. The van der Waals surface area contributed by atoms with Crippen LogP contribution in [0.15, 0.2) is 36.3 Å². The lowest BCUT2D eigenvalue weighted by atomic mass is 9.74. The fraction of sp³-hybridized carbons (Fsp3) is 0.643. The predicted molar refractivity (Wildman–Crippen MR) is 134 cm³/mol. The summed E-state index contributed by atoms with van der Waals surface area (Å²) in [6, 6.07) is 7.15. The van der Waals surface area contributed by atoms with E-state index >= 15 is 0 Å². The van der Waals surface area contributed by atoms with Gasteiger partial charge in [0.1, 0.15) is 12.2 Å². The molecule has 8 heteroatoms. The number of alkyl halides is 2. The Morgan fingerprint density at radius 3 is 2.69 bits per heavy atom. The predicted octanol–water partition coefficient (Wildman–Crippen LogP) is 4.69. The van der Waals surface area contributed by atoms with Crippen molar-refractivity contribution in [3.05, 3.63) is 58.8 Å². The van der Waals surface area contributed by atoms with Crippen LogP contribution in [0.4, 0.5) is 8.78 Å².